The first-order valence-electron chi connectivity index (χ1n) is 39.7. The summed E-state index contributed by atoms with van der Waals surface area (Å²) in [4.78, 5) is 24.6. The van der Waals surface area contributed by atoms with Crippen molar-refractivity contribution in [3.05, 3.63) is 36.5 Å². The van der Waals surface area contributed by atoms with Crippen LogP contribution in [0.2, 0.25) is 0 Å². The van der Waals surface area contributed by atoms with Crippen molar-refractivity contribution in [1.82, 2.24) is 5.32 Å². The maximum atomic E-state index is 12.5. The first-order chi connectivity index (χ1) is 43.0. The van der Waals surface area contributed by atoms with Crippen LogP contribution in [0.5, 0.6) is 0 Å². The van der Waals surface area contributed by atoms with Crippen molar-refractivity contribution >= 4 is 11.9 Å². The van der Waals surface area contributed by atoms with Gasteiger partial charge in [-0.3, -0.25) is 9.59 Å². The summed E-state index contributed by atoms with van der Waals surface area (Å²) in [5.74, 6) is -0.00959. The van der Waals surface area contributed by atoms with Crippen LogP contribution in [0, 0.1) is 0 Å². The molecule has 0 saturated carbocycles. The Morgan fingerprint density at radius 1 is 0.322 bits per heavy atom. The third-order valence-electron chi connectivity index (χ3n) is 18.7. The number of unbranched alkanes of at least 4 members (excludes halogenated alkanes) is 58. The summed E-state index contributed by atoms with van der Waals surface area (Å²) in [6, 6.07) is -0.538. The smallest absolute Gasteiger partial charge is 0.305 e. The highest BCUT2D eigenvalue weighted by atomic mass is 16.5. The number of allylic oxidation sites excluding steroid dienone is 6. The summed E-state index contributed by atoms with van der Waals surface area (Å²) in [5, 5.41) is 23.3. The molecule has 1 amide bonds. The molecule has 0 fully saturated rings. The van der Waals surface area contributed by atoms with Crippen LogP contribution in [0.1, 0.15) is 444 Å². The lowest BCUT2D eigenvalue weighted by atomic mass is 10.0. The van der Waals surface area contributed by atoms with Gasteiger partial charge < -0.3 is 20.3 Å². The lowest BCUT2D eigenvalue weighted by molar-refractivity contribution is -0.143. The van der Waals surface area contributed by atoms with Gasteiger partial charge in [0.2, 0.25) is 5.91 Å². The number of carbonyl (C=O) groups is 2. The van der Waals surface area contributed by atoms with Gasteiger partial charge >= 0.3 is 5.97 Å². The lowest BCUT2D eigenvalue weighted by Gasteiger charge is -2.22. The molecule has 0 bridgehead atoms. The zero-order valence-electron chi connectivity index (χ0n) is 59.0. The number of amides is 1. The van der Waals surface area contributed by atoms with Gasteiger partial charge in [0.05, 0.1) is 25.4 Å². The number of aliphatic hydroxyl groups is 2. The monoisotopic (exact) mass is 1220 g/mol. The molecular weight excluding hydrogens is 1070 g/mol. The predicted molar refractivity (Wildman–Crippen MR) is 384 cm³/mol. The molecule has 2 unspecified atom stereocenters. The van der Waals surface area contributed by atoms with Gasteiger partial charge in [0.1, 0.15) is 0 Å². The molecule has 0 aliphatic carbocycles. The van der Waals surface area contributed by atoms with E-state index in [1.807, 2.05) is 0 Å². The lowest BCUT2D eigenvalue weighted by Crippen LogP contribution is -2.45. The maximum Gasteiger partial charge on any atom is 0.305 e. The standard InChI is InChI=1S/C81H155NO5/c1-3-5-7-9-11-13-15-17-18-19-41-45-48-51-55-59-63-67-71-75-81(86)87-76-72-68-64-60-56-52-49-46-43-40-38-36-34-32-30-28-26-24-22-20-21-23-25-27-29-31-33-35-37-39-42-44-47-50-54-58-62-66-70-74-80(85)82-78(77-83)79(84)73-69-65-61-57-53-16-14-12-10-8-6-4-2/h17-18,20-21,24,26,78-79,83-84H,3-16,19,22-23,25,27-77H2,1-2H3,(H,82,85)/b18-17-,21-20-,26-24-. The van der Waals surface area contributed by atoms with E-state index in [-0.39, 0.29) is 18.5 Å². The summed E-state index contributed by atoms with van der Waals surface area (Å²) in [5.41, 5.74) is 0. The summed E-state index contributed by atoms with van der Waals surface area (Å²) in [6.07, 6.45) is 99.7. The van der Waals surface area contributed by atoms with Crippen LogP contribution in [-0.2, 0) is 14.3 Å². The number of aliphatic hydroxyl groups excluding tert-OH is 2. The number of rotatable bonds is 75. The first-order valence-corrected chi connectivity index (χ1v) is 39.7. The Kier molecular flexibility index (Phi) is 74.8. The summed E-state index contributed by atoms with van der Waals surface area (Å²) < 4.78 is 5.52. The fraction of sp³-hybridized carbons (Fsp3) is 0.901. The van der Waals surface area contributed by atoms with Gasteiger partial charge in [0.25, 0.3) is 0 Å². The van der Waals surface area contributed by atoms with Crippen LogP contribution in [0.15, 0.2) is 36.5 Å². The molecule has 6 heteroatoms. The van der Waals surface area contributed by atoms with Gasteiger partial charge in [-0.05, 0) is 83.5 Å². The van der Waals surface area contributed by atoms with Crippen molar-refractivity contribution < 1.29 is 24.5 Å². The molecule has 514 valence electrons. The van der Waals surface area contributed by atoms with Crippen LogP contribution in [-0.4, -0.2) is 47.4 Å². The van der Waals surface area contributed by atoms with Crippen LogP contribution in [0.25, 0.3) is 0 Å². The summed E-state index contributed by atoms with van der Waals surface area (Å²) in [7, 11) is 0. The minimum atomic E-state index is -0.661. The van der Waals surface area contributed by atoms with Crippen molar-refractivity contribution in [2.45, 2.75) is 456 Å². The molecule has 0 saturated heterocycles. The third-order valence-corrected chi connectivity index (χ3v) is 18.7. The Morgan fingerprint density at radius 3 is 0.885 bits per heavy atom. The zero-order valence-corrected chi connectivity index (χ0v) is 59.0. The predicted octanol–water partition coefficient (Wildman–Crippen LogP) is 26.2. The Hall–Kier alpha value is -1.92. The van der Waals surface area contributed by atoms with Gasteiger partial charge in [-0.25, -0.2) is 0 Å². The number of carbonyl (C=O) groups excluding carboxylic acids is 2. The van der Waals surface area contributed by atoms with Crippen molar-refractivity contribution in [2.24, 2.45) is 0 Å². The highest BCUT2D eigenvalue weighted by Gasteiger charge is 2.20. The second-order valence-corrected chi connectivity index (χ2v) is 27.4. The van der Waals surface area contributed by atoms with Gasteiger partial charge in [0.15, 0.2) is 0 Å². The molecule has 0 aromatic rings. The van der Waals surface area contributed by atoms with Crippen LogP contribution in [0.4, 0.5) is 0 Å². The average molecular weight is 1220 g/mol. The number of esters is 1. The number of hydrogen-bond acceptors (Lipinski definition) is 5. The first kappa shape index (κ1) is 85.1. The molecule has 0 aliphatic rings. The van der Waals surface area contributed by atoms with E-state index >= 15 is 0 Å². The van der Waals surface area contributed by atoms with E-state index in [0.717, 1.165) is 44.9 Å². The van der Waals surface area contributed by atoms with Crippen LogP contribution < -0.4 is 5.32 Å². The number of nitrogens with one attached hydrogen (secondary N) is 1. The molecule has 0 spiro atoms. The van der Waals surface area contributed by atoms with E-state index in [1.54, 1.807) is 0 Å². The van der Waals surface area contributed by atoms with Crippen molar-refractivity contribution in [2.75, 3.05) is 13.2 Å². The van der Waals surface area contributed by atoms with E-state index < -0.39 is 12.1 Å². The van der Waals surface area contributed by atoms with Crippen LogP contribution >= 0.6 is 0 Å². The molecule has 3 N–H and O–H groups in total. The number of ether oxygens (including phenoxy) is 1. The largest absolute Gasteiger partial charge is 0.466 e. The topological polar surface area (TPSA) is 95.9 Å². The minimum Gasteiger partial charge on any atom is -0.466 e. The SMILES string of the molecule is CCCCCCCC/C=C\CCCCCCCCCCCC(=O)OCCCCCCCCCCCCCCCCC/C=C\C/C=C\CCCCCCCCCCCCCCCCCCCC(=O)NC(CO)C(O)CCCCCCCCCCCCCC. The normalized spacial score (nSPS) is 12.6. The molecule has 0 rings (SSSR count). The van der Waals surface area contributed by atoms with Gasteiger partial charge in [-0.15, -0.1) is 0 Å². The van der Waals surface area contributed by atoms with E-state index in [0.29, 0.717) is 25.9 Å². The molecule has 6 nitrogen and oxygen atoms in total. The molecule has 0 heterocycles. The fourth-order valence-electron chi connectivity index (χ4n) is 12.6. The van der Waals surface area contributed by atoms with Crippen LogP contribution in [0.3, 0.4) is 0 Å². The average Bonchev–Trinajstić information content (AvgIpc) is 3.54. The van der Waals surface area contributed by atoms with Crippen molar-refractivity contribution in [3.8, 4) is 0 Å². The highest BCUT2D eigenvalue weighted by Crippen LogP contribution is 2.20. The van der Waals surface area contributed by atoms with E-state index in [1.165, 1.54) is 366 Å². The quantitative estimate of drug-likeness (QED) is 0.0320. The second kappa shape index (κ2) is 76.5. The summed E-state index contributed by atoms with van der Waals surface area (Å²) >= 11 is 0. The highest BCUT2D eigenvalue weighted by molar-refractivity contribution is 5.76. The fourth-order valence-corrected chi connectivity index (χ4v) is 12.6. The molecule has 87 heavy (non-hydrogen) atoms. The Balaban J connectivity index is 3.32. The molecule has 0 radical (unpaired) electrons. The second-order valence-electron chi connectivity index (χ2n) is 27.4. The zero-order chi connectivity index (χ0) is 62.8. The van der Waals surface area contributed by atoms with E-state index in [4.69, 9.17) is 4.74 Å². The van der Waals surface area contributed by atoms with Gasteiger partial charge in [-0.1, -0.05) is 384 Å². The molecule has 0 aromatic heterocycles. The van der Waals surface area contributed by atoms with Crippen molar-refractivity contribution in [1.29, 1.82) is 0 Å². The Bertz CT molecular complexity index is 1410. The van der Waals surface area contributed by atoms with Crippen molar-refractivity contribution in [3.63, 3.8) is 0 Å². The Morgan fingerprint density at radius 2 is 0.575 bits per heavy atom. The maximum absolute atomic E-state index is 12.5. The number of hydrogen-bond donors (Lipinski definition) is 3. The van der Waals surface area contributed by atoms with Gasteiger partial charge in [0, 0.05) is 12.8 Å². The third kappa shape index (κ3) is 73.0. The Labute approximate surface area is 544 Å². The van der Waals surface area contributed by atoms with E-state index in [9.17, 15) is 19.8 Å². The van der Waals surface area contributed by atoms with E-state index in [2.05, 4.69) is 55.6 Å². The molecule has 0 aromatic carbocycles. The van der Waals surface area contributed by atoms with Gasteiger partial charge in [-0.2, -0.15) is 0 Å². The molecular formula is C81H155NO5. The molecule has 0 aliphatic heterocycles. The molecule has 2 atom stereocenters. The summed E-state index contributed by atoms with van der Waals surface area (Å²) in [6.45, 7) is 4.98. The minimum absolute atomic E-state index is 0.0206.